The van der Waals surface area contributed by atoms with Crippen LogP contribution in [0.1, 0.15) is 6.42 Å². The third-order valence-corrected chi connectivity index (χ3v) is 5.22. The molecule has 0 aromatic heterocycles. The Morgan fingerprint density at radius 2 is 1.80 bits per heavy atom. The van der Waals surface area contributed by atoms with Gasteiger partial charge in [-0.2, -0.15) is 0 Å². The highest BCUT2D eigenvalue weighted by Gasteiger charge is 2.17. The molecule has 1 aliphatic heterocycles. The van der Waals surface area contributed by atoms with Gasteiger partial charge in [-0.15, -0.1) is 0 Å². The number of benzene rings is 1. The molecule has 1 aromatic carbocycles. The van der Waals surface area contributed by atoms with Gasteiger partial charge in [-0.05, 0) is 37.7 Å². The maximum atomic E-state index is 12.9. The predicted molar refractivity (Wildman–Crippen MR) is 88.8 cm³/mol. The molecular formula is C14H22FN3S2. The van der Waals surface area contributed by atoms with E-state index in [0.717, 1.165) is 31.9 Å². The van der Waals surface area contributed by atoms with E-state index in [-0.39, 0.29) is 5.82 Å². The minimum atomic E-state index is -0.164. The second kappa shape index (κ2) is 8.77. The van der Waals surface area contributed by atoms with Crippen molar-refractivity contribution in [2.45, 2.75) is 6.42 Å². The van der Waals surface area contributed by atoms with E-state index in [1.165, 1.54) is 30.1 Å². The minimum absolute atomic E-state index is 0.164. The minimum Gasteiger partial charge on any atom is -0.369 e. The molecule has 1 saturated heterocycles. The van der Waals surface area contributed by atoms with Crippen molar-refractivity contribution in [1.29, 1.82) is 0 Å². The average molecular weight is 315 g/mol. The molecule has 0 unspecified atom stereocenters. The van der Waals surface area contributed by atoms with Gasteiger partial charge in [0.05, 0.1) is 0 Å². The molecule has 112 valence electrons. The van der Waals surface area contributed by atoms with Crippen LogP contribution in [0.3, 0.4) is 0 Å². The molecule has 1 heterocycles. The van der Waals surface area contributed by atoms with E-state index >= 15 is 0 Å². The SMILES string of the molecule is CNSCCCSN1CCN(c2ccc(F)cc2)CC1. The van der Waals surface area contributed by atoms with E-state index in [4.69, 9.17) is 0 Å². The van der Waals surface area contributed by atoms with Crippen LogP contribution in [0.2, 0.25) is 0 Å². The first-order valence-electron chi connectivity index (χ1n) is 6.96. The number of anilines is 1. The predicted octanol–water partition coefficient (Wildman–Crippen LogP) is 2.85. The third kappa shape index (κ3) is 5.16. The number of nitrogens with zero attached hydrogens (tertiary/aromatic N) is 2. The fourth-order valence-corrected chi connectivity index (χ4v) is 3.78. The quantitative estimate of drug-likeness (QED) is 0.614. The summed E-state index contributed by atoms with van der Waals surface area (Å²) in [6.07, 6.45) is 1.23. The molecule has 1 N–H and O–H groups in total. The summed E-state index contributed by atoms with van der Waals surface area (Å²) >= 11 is 3.73. The average Bonchev–Trinajstić information content (AvgIpc) is 2.49. The van der Waals surface area contributed by atoms with E-state index in [1.54, 1.807) is 11.9 Å². The Bertz CT molecular complexity index is 381. The van der Waals surface area contributed by atoms with Crippen LogP contribution >= 0.6 is 23.9 Å². The molecular weight excluding hydrogens is 293 g/mol. The van der Waals surface area contributed by atoms with Crippen LogP contribution in [0.5, 0.6) is 0 Å². The summed E-state index contributed by atoms with van der Waals surface area (Å²) in [5.74, 6) is 2.19. The van der Waals surface area contributed by atoms with Crippen LogP contribution in [-0.4, -0.2) is 49.0 Å². The Kier molecular flexibility index (Phi) is 6.99. The van der Waals surface area contributed by atoms with Crippen LogP contribution < -0.4 is 9.62 Å². The molecule has 1 aliphatic rings. The second-order valence-corrected chi connectivity index (χ2v) is 6.92. The van der Waals surface area contributed by atoms with Crippen molar-refractivity contribution in [3.05, 3.63) is 30.1 Å². The monoisotopic (exact) mass is 315 g/mol. The number of hydrogen-bond acceptors (Lipinski definition) is 5. The smallest absolute Gasteiger partial charge is 0.123 e. The maximum Gasteiger partial charge on any atom is 0.123 e. The molecule has 1 fully saturated rings. The lowest BCUT2D eigenvalue weighted by molar-refractivity contribution is 0.429. The van der Waals surface area contributed by atoms with Crippen molar-refractivity contribution in [3.8, 4) is 0 Å². The second-order valence-electron chi connectivity index (χ2n) is 4.63. The number of halogens is 1. The highest BCUT2D eigenvalue weighted by molar-refractivity contribution is 7.98. The van der Waals surface area contributed by atoms with Crippen molar-refractivity contribution < 1.29 is 4.39 Å². The van der Waals surface area contributed by atoms with Crippen LogP contribution in [0, 0.1) is 5.82 Å². The summed E-state index contributed by atoms with van der Waals surface area (Å²) < 4.78 is 18.5. The number of rotatable bonds is 7. The van der Waals surface area contributed by atoms with E-state index in [9.17, 15) is 4.39 Å². The van der Waals surface area contributed by atoms with Gasteiger partial charge in [-0.1, -0.05) is 23.9 Å². The van der Waals surface area contributed by atoms with Crippen molar-refractivity contribution in [2.24, 2.45) is 0 Å². The van der Waals surface area contributed by atoms with Gasteiger partial charge in [0, 0.05) is 43.4 Å². The van der Waals surface area contributed by atoms with Gasteiger partial charge in [0.2, 0.25) is 0 Å². The van der Waals surface area contributed by atoms with Crippen LogP contribution in [0.4, 0.5) is 10.1 Å². The van der Waals surface area contributed by atoms with Gasteiger partial charge >= 0.3 is 0 Å². The highest BCUT2D eigenvalue weighted by atomic mass is 32.2. The Hall–Kier alpha value is -0.430. The summed E-state index contributed by atoms with van der Waals surface area (Å²) in [5.41, 5.74) is 1.13. The van der Waals surface area contributed by atoms with Crippen molar-refractivity contribution in [3.63, 3.8) is 0 Å². The van der Waals surface area contributed by atoms with Crippen LogP contribution in [0.15, 0.2) is 24.3 Å². The summed E-state index contributed by atoms with van der Waals surface area (Å²) in [4.78, 5) is 2.33. The zero-order chi connectivity index (χ0) is 14.2. The summed E-state index contributed by atoms with van der Waals surface area (Å²) in [7, 11) is 1.96. The van der Waals surface area contributed by atoms with Crippen molar-refractivity contribution in [2.75, 3.05) is 49.6 Å². The van der Waals surface area contributed by atoms with E-state index in [0.29, 0.717) is 0 Å². The molecule has 0 saturated carbocycles. The topological polar surface area (TPSA) is 18.5 Å². The van der Waals surface area contributed by atoms with Crippen molar-refractivity contribution in [1.82, 2.24) is 9.03 Å². The number of piperazine rings is 1. The summed E-state index contributed by atoms with van der Waals surface area (Å²) in [5, 5.41) is 0. The van der Waals surface area contributed by atoms with Gasteiger partial charge in [-0.3, -0.25) is 4.72 Å². The molecule has 20 heavy (non-hydrogen) atoms. The molecule has 2 rings (SSSR count). The van der Waals surface area contributed by atoms with Crippen LogP contribution in [-0.2, 0) is 0 Å². The summed E-state index contributed by atoms with van der Waals surface area (Å²) in [6, 6.07) is 6.81. The zero-order valence-electron chi connectivity index (χ0n) is 11.8. The molecule has 0 atom stereocenters. The standard InChI is InChI=1S/C14H22FN3S2/c1-16-19-11-2-12-20-18-9-7-17(8-10-18)14-5-3-13(15)4-6-14/h3-6,16H,2,7-12H2,1H3. The number of nitrogens with one attached hydrogen (secondary N) is 1. The summed E-state index contributed by atoms with van der Waals surface area (Å²) in [6.45, 7) is 4.18. The van der Waals surface area contributed by atoms with Gasteiger partial charge in [0.25, 0.3) is 0 Å². The lowest BCUT2D eigenvalue weighted by atomic mass is 10.2. The fourth-order valence-electron chi connectivity index (χ4n) is 2.15. The molecule has 6 heteroatoms. The maximum absolute atomic E-state index is 12.9. The normalized spacial score (nSPS) is 16.6. The fraction of sp³-hybridized carbons (Fsp3) is 0.571. The first kappa shape index (κ1) is 15.9. The van der Waals surface area contributed by atoms with Crippen molar-refractivity contribution >= 4 is 29.6 Å². The highest BCUT2D eigenvalue weighted by Crippen LogP contribution is 2.20. The Balaban J connectivity index is 1.66. The Morgan fingerprint density at radius 3 is 2.45 bits per heavy atom. The van der Waals surface area contributed by atoms with E-state index in [1.807, 2.05) is 31.1 Å². The van der Waals surface area contributed by atoms with Gasteiger partial charge < -0.3 is 4.90 Å². The van der Waals surface area contributed by atoms with Gasteiger partial charge in [0.1, 0.15) is 5.82 Å². The zero-order valence-corrected chi connectivity index (χ0v) is 13.5. The van der Waals surface area contributed by atoms with E-state index in [2.05, 4.69) is 13.9 Å². The first-order chi connectivity index (χ1) is 9.79. The lowest BCUT2D eigenvalue weighted by Gasteiger charge is -2.35. The Labute approximate surface area is 129 Å². The Morgan fingerprint density at radius 1 is 1.10 bits per heavy atom. The largest absolute Gasteiger partial charge is 0.369 e. The third-order valence-electron chi connectivity index (χ3n) is 3.24. The van der Waals surface area contributed by atoms with Gasteiger partial charge in [0.15, 0.2) is 0 Å². The molecule has 1 aromatic rings. The molecule has 0 aliphatic carbocycles. The molecule has 0 radical (unpaired) electrons. The van der Waals surface area contributed by atoms with E-state index < -0.39 is 0 Å². The molecule has 0 bridgehead atoms. The lowest BCUT2D eigenvalue weighted by Crippen LogP contribution is -2.43. The van der Waals surface area contributed by atoms with Gasteiger partial charge in [-0.25, -0.2) is 8.70 Å². The number of hydrogen-bond donors (Lipinski definition) is 1. The molecule has 3 nitrogen and oxygen atoms in total. The molecule has 0 amide bonds. The van der Waals surface area contributed by atoms with Crippen LogP contribution in [0.25, 0.3) is 0 Å². The molecule has 0 spiro atoms. The first-order valence-corrected chi connectivity index (χ1v) is 8.89.